The number of halogens is 2. The van der Waals surface area contributed by atoms with Crippen molar-refractivity contribution in [2.24, 2.45) is 0 Å². The summed E-state index contributed by atoms with van der Waals surface area (Å²) < 4.78 is 18.0. The third kappa shape index (κ3) is 3.22. The fraction of sp³-hybridized carbons (Fsp3) is 0.250. The number of carbonyl (C=O) groups is 2. The summed E-state index contributed by atoms with van der Waals surface area (Å²) in [6, 6.07) is 5.31. The molecule has 0 spiro atoms. The van der Waals surface area contributed by atoms with Gasteiger partial charge in [-0.2, -0.15) is 0 Å². The molecule has 1 aliphatic heterocycles. The zero-order chi connectivity index (χ0) is 16.4. The Balaban J connectivity index is 1.64. The predicted molar refractivity (Wildman–Crippen MR) is 81.9 cm³/mol. The molecule has 1 saturated heterocycles. The lowest BCUT2D eigenvalue weighted by Crippen LogP contribution is -2.50. The van der Waals surface area contributed by atoms with Crippen molar-refractivity contribution in [2.45, 2.75) is 0 Å². The summed E-state index contributed by atoms with van der Waals surface area (Å²) in [4.78, 5) is 27.9. The summed E-state index contributed by atoms with van der Waals surface area (Å²) in [7, 11) is 0. The lowest BCUT2D eigenvalue weighted by molar-refractivity contribution is 0.0535. The van der Waals surface area contributed by atoms with Gasteiger partial charge in [-0.05, 0) is 24.3 Å². The molecule has 7 heteroatoms. The highest BCUT2D eigenvalue weighted by Gasteiger charge is 2.26. The minimum atomic E-state index is -0.484. The van der Waals surface area contributed by atoms with E-state index in [1.165, 1.54) is 24.7 Å². The molecule has 0 unspecified atom stereocenters. The summed E-state index contributed by atoms with van der Waals surface area (Å²) in [5, 5.41) is 0.0897. The van der Waals surface area contributed by atoms with E-state index >= 15 is 0 Å². The summed E-state index contributed by atoms with van der Waals surface area (Å²) in [5.41, 5.74) is 0.758. The van der Waals surface area contributed by atoms with E-state index < -0.39 is 5.82 Å². The lowest BCUT2D eigenvalue weighted by Gasteiger charge is -2.34. The van der Waals surface area contributed by atoms with Gasteiger partial charge in [-0.15, -0.1) is 0 Å². The second kappa shape index (κ2) is 6.42. The Morgan fingerprint density at radius 2 is 1.70 bits per heavy atom. The molecule has 0 atom stereocenters. The van der Waals surface area contributed by atoms with Crippen molar-refractivity contribution in [3.8, 4) is 0 Å². The van der Waals surface area contributed by atoms with E-state index in [9.17, 15) is 14.0 Å². The van der Waals surface area contributed by atoms with Gasteiger partial charge in [0.2, 0.25) is 0 Å². The van der Waals surface area contributed by atoms with E-state index in [2.05, 4.69) is 0 Å². The number of furan rings is 1. The van der Waals surface area contributed by atoms with Crippen molar-refractivity contribution in [2.75, 3.05) is 26.2 Å². The SMILES string of the molecule is O=C(c1ccoc1)N1CCN(C(=O)c2ccc(F)cc2Cl)CC1. The van der Waals surface area contributed by atoms with Crippen LogP contribution in [-0.2, 0) is 0 Å². The molecule has 0 saturated carbocycles. The monoisotopic (exact) mass is 336 g/mol. The van der Waals surface area contributed by atoms with Crippen LogP contribution in [0.4, 0.5) is 4.39 Å². The first kappa shape index (κ1) is 15.6. The van der Waals surface area contributed by atoms with Crippen molar-refractivity contribution < 1.29 is 18.4 Å². The Kier molecular flexibility index (Phi) is 4.34. The molecule has 5 nitrogen and oxygen atoms in total. The minimum Gasteiger partial charge on any atom is -0.472 e. The fourth-order valence-electron chi connectivity index (χ4n) is 2.51. The van der Waals surface area contributed by atoms with Crippen molar-refractivity contribution in [1.29, 1.82) is 0 Å². The smallest absolute Gasteiger partial charge is 0.257 e. The largest absolute Gasteiger partial charge is 0.472 e. The molecule has 1 aliphatic rings. The third-order valence-corrected chi connectivity index (χ3v) is 4.10. The van der Waals surface area contributed by atoms with Crippen LogP contribution in [0.3, 0.4) is 0 Å². The first-order valence-corrected chi connectivity index (χ1v) is 7.50. The number of hydrogen-bond acceptors (Lipinski definition) is 3. The summed E-state index contributed by atoms with van der Waals surface area (Å²) in [6.07, 6.45) is 2.85. The van der Waals surface area contributed by atoms with E-state index in [1.807, 2.05) is 0 Å². The second-order valence-corrected chi connectivity index (χ2v) is 5.63. The maximum absolute atomic E-state index is 13.1. The third-order valence-electron chi connectivity index (χ3n) is 3.78. The molecule has 0 bridgehead atoms. The van der Waals surface area contributed by atoms with Crippen molar-refractivity contribution in [3.63, 3.8) is 0 Å². The van der Waals surface area contributed by atoms with E-state index in [-0.39, 0.29) is 22.4 Å². The molecule has 0 N–H and O–H groups in total. The van der Waals surface area contributed by atoms with Crippen LogP contribution in [0.1, 0.15) is 20.7 Å². The molecular weight excluding hydrogens is 323 g/mol. The average molecular weight is 337 g/mol. The topological polar surface area (TPSA) is 53.8 Å². The Morgan fingerprint density at radius 3 is 2.26 bits per heavy atom. The van der Waals surface area contributed by atoms with E-state index in [4.69, 9.17) is 16.0 Å². The van der Waals surface area contributed by atoms with E-state index in [0.717, 1.165) is 6.07 Å². The minimum absolute atomic E-state index is 0.0897. The molecule has 2 amide bonds. The molecule has 1 aromatic carbocycles. The molecule has 3 rings (SSSR count). The predicted octanol–water partition coefficient (Wildman–Crippen LogP) is 2.67. The Bertz CT molecular complexity index is 725. The molecule has 1 aromatic heterocycles. The van der Waals surface area contributed by atoms with Gasteiger partial charge in [-0.25, -0.2) is 4.39 Å². The number of hydrogen-bond donors (Lipinski definition) is 0. The van der Waals surface area contributed by atoms with Crippen LogP contribution in [0.15, 0.2) is 41.2 Å². The van der Waals surface area contributed by atoms with Crippen LogP contribution < -0.4 is 0 Å². The maximum Gasteiger partial charge on any atom is 0.257 e. The van der Waals surface area contributed by atoms with Crippen molar-refractivity contribution >= 4 is 23.4 Å². The van der Waals surface area contributed by atoms with Gasteiger partial charge in [0.25, 0.3) is 11.8 Å². The Labute approximate surface area is 137 Å². The number of benzene rings is 1. The molecule has 0 aliphatic carbocycles. The Hall–Kier alpha value is -2.34. The van der Waals surface area contributed by atoms with Gasteiger partial charge in [0.05, 0.1) is 22.4 Å². The number of carbonyl (C=O) groups excluding carboxylic acids is 2. The average Bonchev–Trinajstić information content (AvgIpc) is 3.08. The zero-order valence-electron chi connectivity index (χ0n) is 12.2. The fourth-order valence-corrected chi connectivity index (χ4v) is 2.76. The number of nitrogens with zero attached hydrogens (tertiary/aromatic N) is 2. The van der Waals surface area contributed by atoms with Crippen LogP contribution in [-0.4, -0.2) is 47.8 Å². The van der Waals surface area contributed by atoms with Gasteiger partial charge in [0, 0.05) is 26.2 Å². The molecular formula is C16H14ClFN2O3. The molecule has 1 fully saturated rings. The number of amides is 2. The van der Waals surface area contributed by atoms with Crippen LogP contribution >= 0.6 is 11.6 Å². The molecule has 23 heavy (non-hydrogen) atoms. The van der Waals surface area contributed by atoms with Crippen LogP contribution in [0.25, 0.3) is 0 Å². The summed E-state index contributed by atoms with van der Waals surface area (Å²) >= 11 is 5.93. The standard InChI is InChI=1S/C16H14ClFN2O3/c17-14-9-12(18)1-2-13(14)16(22)20-6-4-19(5-7-20)15(21)11-3-8-23-10-11/h1-3,8-10H,4-7H2. The van der Waals surface area contributed by atoms with Crippen LogP contribution in [0.5, 0.6) is 0 Å². The van der Waals surface area contributed by atoms with Gasteiger partial charge in [0.1, 0.15) is 12.1 Å². The van der Waals surface area contributed by atoms with Gasteiger partial charge in [-0.1, -0.05) is 11.6 Å². The highest BCUT2D eigenvalue weighted by molar-refractivity contribution is 6.33. The summed E-state index contributed by atoms with van der Waals surface area (Å²) in [5.74, 6) is -0.863. The second-order valence-electron chi connectivity index (χ2n) is 5.22. The normalized spacial score (nSPS) is 14.9. The Morgan fingerprint density at radius 1 is 1.04 bits per heavy atom. The number of piperazine rings is 1. The van der Waals surface area contributed by atoms with Gasteiger partial charge >= 0.3 is 0 Å². The lowest BCUT2D eigenvalue weighted by atomic mass is 10.1. The van der Waals surface area contributed by atoms with E-state index in [0.29, 0.717) is 31.7 Å². The van der Waals surface area contributed by atoms with Crippen molar-refractivity contribution in [1.82, 2.24) is 9.80 Å². The first-order valence-electron chi connectivity index (χ1n) is 7.12. The number of rotatable bonds is 2. The van der Waals surface area contributed by atoms with Crippen molar-refractivity contribution in [3.05, 3.63) is 58.8 Å². The maximum atomic E-state index is 13.1. The van der Waals surface area contributed by atoms with E-state index in [1.54, 1.807) is 15.9 Å². The first-order chi connectivity index (χ1) is 11.1. The van der Waals surface area contributed by atoms with Gasteiger partial charge in [0.15, 0.2) is 0 Å². The highest BCUT2D eigenvalue weighted by Crippen LogP contribution is 2.20. The van der Waals surface area contributed by atoms with Crippen LogP contribution in [0.2, 0.25) is 5.02 Å². The molecule has 120 valence electrons. The van der Waals surface area contributed by atoms with Crippen LogP contribution in [0, 0.1) is 5.82 Å². The zero-order valence-corrected chi connectivity index (χ0v) is 12.9. The van der Waals surface area contributed by atoms with Gasteiger partial charge in [-0.3, -0.25) is 9.59 Å². The quantitative estimate of drug-likeness (QED) is 0.847. The molecule has 0 radical (unpaired) electrons. The van der Waals surface area contributed by atoms with Gasteiger partial charge < -0.3 is 14.2 Å². The summed E-state index contributed by atoms with van der Waals surface area (Å²) in [6.45, 7) is 1.65. The molecule has 2 aromatic rings. The highest BCUT2D eigenvalue weighted by atomic mass is 35.5. The molecule has 2 heterocycles.